The van der Waals surface area contributed by atoms with Gasteiger partial charge in [-0.25, -0.2) is 0 Å². The average Bonchev–Trinajstić information content (AvgIpc) is 3.50. The third-order valence-corrected chi connectivity index (χ3v) is 9.84. The highest BCUT2D eigenvalue weighted by molar-refractivity contribution is 14.1. The van der Waals surface area contributed by atoms with Crippen LogP contribution >= 0.6 is 33.9 Å². The Morgan fingerprint density at radius 3 is 2.66 bits per heavy atom. The third-order valence-electron chi connectivity index (χ3n) is 8.15. The van der Waals surface area contributed by atoms with Gasteiger partial charge in [0.2, 0.25) is 11.8 Å². The van der Waals surface area contributed by atoms with Crippen molar-refractivity contribution in [3.8, 4) is 11.5 Å². The summed E-state index contributed by atoms with van der Waals surface area (Å²) in [5, 5.41) is 12.4. The quantitative estimate of drug-likeness (QED) is 0.225. The van der Waals surface area contributed by atoms with Gasteiger partial charge in [0.1, 0.15) is 0 Å². The number of amides is 2. The molecule has 0 radical (unpaired) electrons. The lowest BCUT2D eigenvalue weighted by molar-refractivity contribution is -0.140. The molecule has 4 atom stereocenters. The van der Waals surface area contributed by atoms with Gasteiger partial charge >= 0.3 is 0 Å². The number of carbonyl (C=O) groups is 4. The lowest BCUT2D eigenvalue weighted by Crippen LogP contribution is -2.39. The summed E-state index contributed by atoms with van der Waals surface area (Å²) >= 11 is 3.51. The number of imide groups is 1. The smallest absolute Gasteiger partial charge is 0.234 e. The predicted molar refractivity (Wildman–Crippen MR) is 149 cm³/mol. The first-order valence-electron chi connectivity index (χ1n) is 12.4. The number of hydrogen-bond acceptors (Lipinski definition) is 7. The van der Waals surface area contributed by atoms with Crippen LogP contribution in [0.3, 0.4) is 0 Å². The zero-order valence-corrected chi connectivity index (χ0v) is 23.7. The number of halogens is 1. The summed E-state index contributed by atoms with van der Waals surface area (Å²) in [5.41, 5.74) is 2.78. The van der Waals surface area contributed by atoms with Crippen molar-refractivity contribution >= 4 is 57.3 Å². The summed E-state index contributed by atoms with van der Waals surface area (Å²) in [5.74, 6) is -2.60. The number of carbonyl (C=O) groups excluding carboxylic acids is 4. The number of ether oxygens (including phenoxy) is 1. The van der Waals surface area contributed by atoms with E-state index in [1.165, 1.54) is 29.4 Å². The van der Waals surface area contributed by atoms with Crippen molar-refractivity contribution < 1.29 is 29.0 Å². The largest absolute Gasteiger partial charge is 0.504 e. The number of fused-ring (bicyclic) bond motifs is 3. The van der Waals surface area contributed by atoms with Crippen LogP contribution in [0.4, 0.5) is 0 Å². The van der Waals surface area contributed by atoms with Crippen LogP contribution < -0.4 is 4.74 Å². The Labute approximate surface area is 237 Å². The van der Waals surface area contributed by atoms with E-state index in [0.717, 1.165) is 10.5 Å². The molecule has 6 rings (SSSR count). The van der Waals surface area contributed by atoms with E-state index in [2.05, 4.69) is 0 Å². The molecule has 1 fully saturated rings. The van der Waals surface area contributed by atoms with E-state index in [-0.39, 0.29) is 53.8 Å². The van der Waals surface area contributed by atoms with Crippen LogP contribution in [0, 0.1) is 21.3 Å². The van der Waals surface area contributed by atoms with Crippen LogP contribution in [0.25, 0.3) is 0 Å². The van der Waals surface area contributed by atoms with Crippen LogP contribution in [0.5, 0.6) is 11.5 Å². The van der Waals surface area contributed by atoms with Crippen molar-refractivity contribution in [1.82, 2.24) is 4.90 Å². The molecule has 194 valence electrons. The summed E-state index contributed by atoms with van der Waals surface area (Å²) in [7, 11) is 1.46. The number of likely N-dealkylation sites (tertiary alicyclic amines) is 1. The fraction of sp³-hybridized carbons (Fsp3) is 0.310. The van der Waals surface area contributed by atoms with E-state index >= 15 is 0 Å². The van der Waals surface area contributed by atoms with Crippen LogP contribution in [-0.4, -0.2) is 40.5 Å². The highest BCUT2D eigenvalue weighted by Crippen LogP contribution is 2.56. The minimum Gasteiger partial charge on any atom is -0.504 e. The van der Waals surface area contributed by atoms with Gasteiger partial charge in [-0.1, -0.05) is 17.7 Å². The molecule has 1 N–H and O–H groups in total. The van der Waals surface area contributed by atoms with E-state index in [4.69, 9.17) is 4.74 Å². The van der Waals surface area contributed by atoms with Gasteiger partial charge in [0.15, 0.2) is 23.1 Å². The number of rotatable bonds is 4. The summed E-state index contributed by atoms with van der Waals surface area (Å²) in [6, 6.07) is 7.28. The summed E-state index contributed by atoms with van der Waals surface area (Å²) < 4.78 is 5.95. The summed E-state index contributed by atoms with van der Waals surface area (Å²) in [4.78, 5) is 56.3. The molecule has 0 unspecified atom stereocenters. The second kappa shape index (κ2) is 9.30. The van der Waals surface area contributed by atoms with Crippen molar-refractivity contribution in [2.24, 2.45) is 17.8 Å². The maximum absolute atomic E-state index is 13.8. The molecular formula is C29H24INO6S. The highest BCUT2D eigenvalue weighted by atomic mass is 127. The lowest BCUT2D eigenvalue weighted by atomic mass is 9.59. The normalized spacial score (nSPS) is 26.7. The van der Waals surface area contributed by atoms with Crippen LogP contribution in [0.2, 0.25) is 0 Å². The molecular weight excluding hydrogens is 617 g/mol. The van der Waals surface area contributed by atoms with Gasteiger partial charge in [-0.15, -0.1) is 11.3 Å². The SMILES string of the molecule is COc1cc([C@H]2C3=CC[C@@H]4C(=O)N(Cc5cccs5)C(=O)[C@@H]4[C@@H]3CC3=C2C(=O)C=C(C)C3=O)cc(I)c1O. The number of allylic oxidation sites excluding steroid dienone is 6. The summed E-state index contributed by atoms with van der Waals surface area (Å²) in [6.45, 7) is 1.88. The number of benzene rings is 1. The van der Waals surface area contributed by atoms with E-state index in [1.807, 2.05) is 46.2 Å². The lowest BCUT2D eigenvalue weighted by Gasteiger charge is -2.42. The Morgan fingerprint density at radius 2 is 1.95 bits per heavy atom. The fourth-order valence-electron chi connectivity index (χ4n) is 6.46. The van der Waals surface area contributed by atoms with Crippen molar-refractivity contribution in [2.75, 3.05) is 7.11 Å². The Morgan fingerprint density at radius 1 is 1.16 bits per heavy atom. The van der Waals surface area contributed by atoms with Crippen molar-refractivity contribution in [3.63, 3.8) is 0 Å². The predicted octanol–water partition coefficient (Wildman–Crippen LogP) is 4.70. The Kier molecular flexibility index (Phi) is 6.18. The van der Waals surface area contributed by atoms with E-state index in [1.54, 1.807) is 19.1 Å². The molecule has 2 aromatic rings. The third kappa shape index (κ3) is 3.73. The number of phenols is 1. The van der Waals surface area contributed by atoms with Gasteiger partial charge in [-0.2, -0.15) is 0 Å². The Balaban J connectivity index is 1.48. The van der Waals surface area contributed by atoms with Gasteiger partial charge in [0.25, 0.3) is 0 Å². The minimum atomic E-state index is -0.591. The number of hydrogen-bond donors (Lipinski definition) is 1. The number of thiophene rings is 1. The molecule has 3 aliphatic carbocycles. The molecule has 1 aromatic carbocycles. The van der Waals surface area contributed by atoms with Gasteiger partial charge in [-0.3, -0.25) is 24.1 Å². The van der Waals surface area contributed by atoms with Crippen LogP contribution in [0.1, 0.15) is 36.1 Å². The minimum absolute atomic E-state index is 0.00123. The molecule has 7 nitrogen and oxygen atoms in total. The molecule has 0 spiro atoms. The fourth-order valence-corrected chi connectivity index (χ4v) is 7.78. The number of methoxy groups -OCH3 is 1. The topological polar surface area (TPSA) is 101 Å². The number of ketones is 2. The molecule has 1 aliphatic heterocycles. The highest BCUT2D eigenvalue weighted by Gasteiger charge is 2.56. The van der Waals surface area contributed by atoms with Crippen molar-refractivity contribution in [1.29, 1.82) is 0 Å². The monoisotopic (exact) mass is 641 g/mol. The number of aromatic hydroxyl groups is 1. The summed E-state index contributed by atoms with van der Waals surface area (Å²) in [6.07, 6.45) is 4.02. The zero-order chi connectivity index (χ0) is 26.9. The molecule has 38 heavy (non-hydrogen) atoms. The first-order valence-corrected chi connectivity index (χ1v) is 14.3. The van der Waals surface area contributed by atoms with Crippen molar-refractivity contribution in [2.45, 2.75) is 32.2 Å². The molecule has 2 heterocycles. The first kappa shape index (κ1) is 25.2. The maximum atomic E-state index is 13.8. The Hall–Kier alpha value is -3.05. The number of phenolic OH excluding ortho intramolecular Hbond substituents is 1. The molecule has 1 aromatic heterocycles. The maximum Gasteiger partial charge on any atom is 0.234 e. The zero-order valence-electron chi connectivity index (χ0n) is 20.7. The van der Waals surface area contributed by atoms with Gasteiger partial charge in [0, 0.05) is 27.5 Å². The van der Waals surface area contributed by atoms with Gasteiger partial charge < -0.3 is 9.84 Å². The second-order valence-corrected chi connectivity index (χ2v) is 12.3. The molecule has 0 saturated carbocycles. The first-order chi connectivity index (χ1) is 18.2. The molecule has 4 aliphatic rings. The molecule has 2 amide bonds. The van der Waals surface area contributed by atoms with Crippen LogP contribution in [0.15, 0.2) is 64.1 Å². The van der Waals surface area contributed by atoms with E-state index < -0.39 is 17.8 Å². The van der Waals surface area contributed by atoms with E-state index in [0.29, 0.717) is 32.3 Å². The average molecular weight is 641 g/mol. The van der Waals surface area contributed by atoms with Gasteiger partial charge in [-0.05, 0) is 83.5 Å². The van der Waals surface area contributed by atoms with Crippen LogP contribution in [-0.2, 0) is 25.7 Å². The number of nitrogens with zero attached hydrogens (tertiary/aromatic N) is 1. The second-order valence-electron chi connectivity index (χ2n) is 10.1. The number of Topliss-reactive ketones (excluding diaryl/α,β-unsaturated/α-hetero) is 1. The van der Waals surface area contributed by atoms with E-state index in [9.17, 15) is 24.3 Å². The molecule has 0 bridgehead atoms. The molecule has 9 heteroatoms. The molecule has 1 saturated heterocycles. The standard InChI is InChI=1S/C29H24INO6S/c1-13-8-21(32)25-19(26(13)33)11-18-16(23(25)14-9-20(30)27(34)22(10-14)37-2)5-6-17-24(18)29(36)31(28(17)35)12-15-4-3-7-38-15/h3-5,7-10,17-18,23-24,34H,6,11-12H2,1-2H3/t17-,18+,23-,24-/m0/s1. The van der Waals surface area contributed by atoms with Crippen molar-refractivity contribution in [3.05, 3.63) is 78.1 Å². The van der Waals surface area contributed by atoms with Gasteiger partial charge in [0.05, 0.1) is 29.1 Å². The Bertz CT molecular complexity index is 1520.